The van der Waals surface area contributed by atoms with Crippen LogP contribution in [0, 0.1) is 9.49 Å². The van der Waals surface area contributed by atoms with Gasteiger partial charge >= 0.3 is 0 Å². The molecule has 2 fully saturated rings. The highest BCUT2D eigenvalue weighted by Crippen LogP contribution is 2.60. The summed E-state index contributed by atoms with van der Waals surface area (Å²) in [6.45, 7) is 5.70. The Bertz CT molecular complexity index is 910. The monoisotopic (exact) mass is 560 g/mol. The molecule has 0 unspecified atom stereocenters. The number of nitrogens with zero attached hydrogens (tertiary/aromatic N) is 2. The number of halogens is 2. The summed E-state index contributed by atoms with van der Waals surface area (Å²) in [5.41, 5.74) is -0.209. The highest BCUT2D eigenvalue weighted by molar-refractivity contribution is 14.1. The molecule has 0 saturated carbocycles. The Labute approximate surface area is 197 Å². The summed E-state index contributed by atoms with van der Waals surface area (Å²) in [5, 5.41) is 9.61. The fourth-order valence-electron chi connectivity index (χ4n) is 5.97. The predicted molar refractivity (Wildman–Crippen MR) is 127 cm³/mol. The number of fused-ring (bicyclic) bond motifs is 2. The Hall–Kier alpha value is -1.04. The molecule has 3 heterocycles. The van der Waals surface area contributed by atoms with Crippen molar-refractivity contribution in [2.75, 3.05) is 25.1 Å². The van der Waals surface area contributed by atoms with Gasteiger partial charge in [0.2, 0.25) is 14.3 Å². The van der Waals surface area contributed by atoms with Gasteiger partial charge in [-0.2, -0.15) is 0 Å². The van der Waals surface area contributed by atoms with Crippen molar-refractivity contribution in [2.45, 2.75) is 62.6 Å². The number of hydrogen-bond donors (Lipinski definition) is 1. The van der Waals surface area contributed by atoms with E-state index >= 15 is 4.11 Å². The van der Waals surface area contributed by atoms with Gasteiger partial charge in [-0.05, 0) is 66.7 Å². The normalized spacial score (nSPS) is 32.9. The van der Waals surface area contributed by atoms with Gasteiger partial charge in [0.05, 0.1) is 30.9 Å². The van der Waals surface area contributed by atoms with Crippen LogP contribution in [0.15, 0.2) is 18.2 Å². The molecule has 0 aliphatic carbocycles. The first-order valence-corrected chi connectivity index (χ1v) is 14.9. The van der Waals surface area contributed by atoms with E-state index in [9.17, 15) is 14.7 Å². The number of benzene rings is 1. The summed E-state index contributed by atoms with van der Waals surface area (Å²) in [4.78, 5) is 30.0. The van der Waals surface area contributed by atoms with Crippen LogP contribution in [-0.2, 0) is 19.9 Å². The maximum atomic E-state index is 15.6. The van der Waals surface area contributed by atoms with Crippen molar-refractivity contribution in [1.29, 1.82) is 0 Å². The van der Waals surface area contributed by atoms with E-state index < -0.39 is 31.6 Å². The molecule has 0 bridgehead atoms. The van der Waals surface area contributed by atoms with Crippen molar-refractivity contribution >= 4 is 48.5 Å². The molecule has 2 saturated heterocycles. The molecule has 9 heteroatoms. The number of carbonyl (C=O) groups excluding carboxylic acids is 2. The minimum absolute atomic E-state index is 0.0316. The van der Waals surface area contributed by atoms with Crippen LogP contribution in [0.4, 0.5) is 9.80 Å². The van der Waals surface area contributed by atoms with Crippen molar-refractivity contribution < 1.29 is 23.5 Å². The van der Waals surface area contributed by atoms with Gasteiger partial charge in [-0.1, -0.05) is 6.92 Å². The molecular formula is C22H30FIN2O4Si. The number of ether oxygens (including phenoxy) is 1. The van der Waals surface area contributed by atoms with E-state index in [4.69, 9.17) is 4.74 Å². The average Bonchev–Trinajstić information content (AvgIpc) is 3.33. The standard InChI is InChI=1S/C22H30FIN2O4Si/c1-13-20(31(3,4)23)18(11-19(28)26-9-5-6-15(26)12-27)30-22(13)16-10-14(24)7-8-17(16)25(2)21(22)29/h7-8,10,13,15,18,20,27H,5-6,9,11-12H2,1-4H3/t13-,15-,18+,20-,22+/m0/s1. The number of likely N-dealkylation sites (tertiary alicyclic amines) is 1. The van der Waals surface area contributed by atoms with Gasteiger partial charge in [0.25, 0.3) is 5.91 Å². The van der Waals surface area contributed by atoms with E-state index in [1.54, 1.807) is 29.9 Å². The van der Waals surface area contributed by atoms with E-state index in [-0.39, 0.29) is 30.9 Å². The molecule has 1 aromatic rings. The highest BCUT2D eigenvalue weighted by Gasteiger charge is 2.66. The Kier molecular flexibility index (Phi) is 6.02. The van der Waals surface area contributed by atoms with Crippen LogP contribution in [0.5, 0.6) is 0 Å². The second kappa shape index (κ2) is 8.07. The number of amides is 2. The van der Waals surface area contributed by atoms with Crippen LogP contribution in [-0.4, -0.2) is 62.6 Å². The molecule has 1 N–H and O–H groups in total. The summed E-state index contributed by atoms with van der Waals surface area (Å²) in [5.74, 6) is -0.709. The lowest BCUT2D eigenvalue weighted by Crippen LogP contribution is -2.44. The van der Waals surface area contributed by atoms with Gasteiger partial charge in [0.15, 0.2) is 5.60 Å². The molecule has 1 aromatic carbocycles. The van der Waals surface area contributed by atoms with Crippen molar-refractivity contribution in [3.05, 3.63) is 27.3 Å². The number of rotatable bonds is 4. The van der Waals surface area contributed by atoms with Crippen LogP contribution < -0.4 is 4.90 Å². The van der Waals surface area contributed by atoms with Gasteiger partial charge in [-0.25, -0.2) is 0 Å². The quantitative estimate of drug-likeness (QED) is 0.348. The molecule has 3 aliphatic heterocycles. The van der Waals surface area contributed by atoms with Crippen molar-refractivity contribution in [3.8, 4) is 0 Å². The summed E-state index contributed by atoms with van der Waals surface area (Å²) < 4.78 is 23.1. The first kappa shape index (κ1) is 23.1. The van der Waals surface area contributed by atoms with Crippen LogP contribution in [0.25, 0.3) is 0 Å². The Morgan fingerprint density at radius 1 is 1.42 bits per heavy atom. The molecular weight excluding hydrogens is 530 g/mol. The minimum Gasteiger partial charge on any atom is -0.394 e. The van der Waals surface area contributed by atoms with E-state index in [2.05, 4.69) is 22.6 Å². The largest absolute Gasteiger partial charge is 0.394 e. The molecule has 1 spiro atoms. The predicted octanol–water partition coefficient (Wildman–Crippen LogP) is 3.42. The fraction of sp³-hybridized carbons (Fsp3) is 0.636. The number of aliphatic hydroxyl groups is 1. The van der Waals surface area contributed by atoms with E-state index in [1.807, 2.05) is 25.1 Å². The third-order valence-corrected chi connectivity index (χ3v) is 10.5. The Morgan fingerprint density at radius 2 is 2.13 bits per heavy atom. The second-order valence-corrected chi connectivity index (χ2v) is 14.6. The lowest BCUT2D eigenvalue weighted by molar-refractivity contribution is -0.149. The maximum absolute atomic E-state index is 15.6. The number of likely N-dealkylation sites (N-methyl/N-ethyl adjacent to an activating group) is 1. The smallest absolute Gasteiger partial charge is 0.264 e. The molecule has 6 nitrogen and oxygen atoms in total. The van der Waals surface area contributed by atoms with Crippen LogP contribution in [0.1, 0.15) is 31.7 Å². The molecule has 0 radical (unpaired) electrons. The Balaban J connectivity index is 1.73. The Morgan fingerprint density at radius 3 is 2.77 bits per heavy atom. The zero-order valence-corrected chi connectivity index (χ0v) is 21.6. The molecule has 3 aliphatic rings. The third-order valence-electron chi connectivity index (χ3n) is 7.34. The summed E-state index contributed by atoms with van der Waals surface area (Å²) in [6.07, 6.45) is 0.986. The van der Waals surface area contributed by atoms with Gasteiger partial charge in [0.1, 0.15) is 0 Å². The number of carbonyl (C=O) groups is 2. The van der Waals surface area contributed by atoms with E-state index in [0.717, 1.165) is 27.7 Å². The van der Waals surface area contributed by atoms with Crippen LogP contribution in [0.2, 0.25) is 18.6 Å². The van der Waals surface area contributed by atoms with Gasteiger partial charge < -0.3 is 23.8 Å². The third kappa shape index (κ3) is 3.55. The zero-order valence-electron chi connectivity index (χ0n) is 18.4. The molecule has 4 rings (SSSR count). The highest BCUT2D eigenvalue weighted by atomic mass is 127. The van der Waals surface area contributed by atoms with Gasteiger partial charge in [-0.15, -0.1) is 0 Å². The lowest BCUT2D eigenvalue weighted by Gasteiger charge is -2.31. The molecule has 5 atom stereocenters. The van der Waals surface area contributed by atoms with E-state index in [0.29, 0.717) is 6.54 Å². The molecule has 0 aromatic heterocycles. The van der Waals surface area contributed by atoms with Gasteiger partial charge in [-0.3, -0.25) is 9.59 Å². The lowest BCUT2D eigenvalue weighted by atomic mass is 9.82. The fourth-order valence-corrected chi connectivity index (χ4v) is 8.95. The van der Waals surface area contributed by atoms with Crippen LogP contribution >= 0.6 is 22.6 Å². The van der Waals surface area contributed by atoms with Crippen molar-refractivity contribution in [3.63, 3.8) is 0 Å². The molecule has 170 valence electrons. The first-order chi connectivity index (χ1) is 14.5. The average molecular weight is 560 g/mol. The summed E-state index contributed by atoms with van der Waals surface area (Å²) >= 11 is 2.21. The molecule has 2 amide bonds. The topological polar surface area (TPSA) is 70.1 Å². The molecule has 31 heavy (non-hydrogen) atoms. The maximum Gasteiger partial charge on any atom is 0.264 e. The number of hydrogen-bond acceptors (Lipinski definition) is 4. The summed E-state index contributed by atoms with van der Waals surface area (Å²) in [7, 11) is -1.56. The van der Waals surface area contributed by atoms with Crippen LogP contribution in [0.3, 0.4) is 0 Å². The van der Waals surface area contributed by atoms with Gasteiger partial charge in [0, 0.05) is 34.2 Å². The van der Waals surface area contributed by atoms with Crippen molar-refractivity contribution in [1.82, 2.24) is 4.90 Å². The number of anilines is 1. The summed E-state index contributed by atoms with van der Waals surface area (Å²) in [6, 6.07) is 5.61. The zero-order chi connectivity index (χ0) is 22.7. The number of aliphatic hydroxyl groups excluding tert-OH is 1. The van der Waals surface area contributed by atoms with Crippen molar-refractivity contribution in [2.24, 2.45) is 5.92 Å². The SMILES string of the molecule is C[C@H]1[C@H]([Si](C)(C)F)[C@@H](CC(=O)N2CCC[C@H]2CO)O[C@]12C(=O)N(C)c1ccc(I)cc12. The first-order valence-electron chi connectivity index (χ1n) is 10.9. The second-order valence-electron chi connectivity index (χ2n) is 9.57. The van der Waals surface area contributed by atoms with E-state index in [1.165, 1.54) is 0 Å². The minimum atomic E-state index is -3.28.